The van der Waals surface area contributed by atoms with E-state index in [9.17, 15) is 0 Å². The molecule has 0 spiro atoms. The Morgan fingerprint density at radius 3 is 3.15 bits per heavy atom. The topological polar surface area (TPSA) is 21.7 Å². The molecule has 0 aromatic rings. The summed E-state index contributed by atoms with van der Waals surface area (Å²) in [5, 5.41) is 0. The smallest absolute Gasteiger partial charge is 0.121 e. The monoisotopic (exact) mass is 203 g/mol. The van der Waals surface area contributed by atoms with E-state index < -0.39 is 0 Å². The van der Waals surface area contributed by atoms with Gasteiger partial charge in [0.2, 0.25) is 0 Å². The lowest BCUT2D eigenvalue weighted by molar-refractivity contribution is -0.188. The molecular formula is C9H17NO2S. The molecule has 0 bridgehead atoms. The zero-order valence-corrected chi connectivity index (χ0v) is 8.89. The molecule has 3 nitrogen and oxygen atoms in total. The molecule has 1 heterocycles. The van der Waals surface area contributed by atoms with Crippen molar-refractivity contribution in [1.82, 2.24) is 4.31 Å². The Labute approximate surface area is 84.3 Å². The molecule has 0 aromatic carbocycles. The summed E-state index contributed by atoms with van der Waals surface area (Å²) in [6.07, 6.45) is 8.12. The largest absolute Gasteiger partial charge is 0.223 e. The quantitative estimate of drug-likeness (QED) is 0.175. The van der Waals surface area contributed by atoms with E-state index in [2.05, 4.69) is 16.5 Å². The van der Waals surface area contributed by atoms with Crippen molar-refractivity contribution in [2.24, 2.45) is 0 Å². The molecule has 0 N–H and O–H groups in total. The Hall–Kier alpha value is -0.0300. The Morgan fingerprint density at radius 2 is 2.31 bits per heavy atom. The van der Waals surface area contributed by atoms with Crippen molar-refractivity contribution >= 4 is 12.2 Å². The maximum absolute atomic E-state index is 4.93. The SMILES string of the molecule is CCOOSN1CC=CCCCC1. The molecule has 0 radical (unpaired) electrons. The summed E-state index contributed by atoms with van der Waals surface area (Å²) in [4.78, 5) is 4.81. The highest BCUT2D eigenvalue weighted by Gasteiger charge is 2.06. The van der Waals surface area contributed by atoms with Gasteiger partial charge in [-0.05, 0) is 26.2 Å². The molecule has 0 fully saturated rings. The van der Waals surface area contributed by atoms with Crippen LogP contribution in [-0.2, 0) is 9.22 Å². The second kappa shape index (κ2) is 7.38. The van der Waals surface area contributed by atoms with E-state index >= 15 is 0 Å². The maximum Gasteiger partial charge on any atom is 0.121 e. The van der Waals surface area contributed by atoms with E-state index in [1.807, 2.05) is 6.92 Å². The zero-order valence-electron chi connectivity index (χ0n) is 8.07. The van der Waals surface area contributed by atoms with Crippen LogP contribution in [0.25, 0.3) is 0 Å². The molecule has 1 rings (SSSR count). The molecule has 0 saturated heterocycles. The lowest BCUT2D eigenvalue weighted by Crippen LogP contribution is -2.18. The summed E-state index contributed by atoms with van der Waals surface area (Å²) in [5.41, 5.74) is 0. The first kappa shape index (κ1) is 11.0. The third kappa shape index (κ3) is 5.31. The van der Waals surface area contributed by atoms with Crippen LogP contribution < -0.4 is 0 Å². The second-order valence-corrected chi connectivity index (χ2v) is 3.71. The van der Waals surface area contributed by atoms with Crippen LogP contribution >= 0.6 is 12.2 Å². The molecule has 1 aliphatic rings. The average molecular weight is 203 g/mol. The van der Waals surface area contributed by atoms with Gasteiger partial charge in [0, 0.05) is 13.1 Å². The van der Waals surface area contributed by atoms with Crippen molar-refractivity contribution in [1.29, 1.82) is 0 Å². The highest BCUT2D eigenvalue weighted by atomic mass is 32.2. The van der Waals surface area contributed by atoms with E-state index in [1.165, 1.54) is 31.5 Å². The van der Waals surface area contributed by atoms with Crippen LogP contribution in [0.1, 0.15) is 26.2 Å². The predicted molar refractivity (Wildman–Crippen MR) is 54.9 cm³/mol. The van der Waals surface area contributed by atoms with Gasteiger partial charge in [-0.2, -0.15) is 0 Å². The van der Waals surface area contributed by atoms with Gasteiger partial charge in [-0.1, -0.05) is 12.2 Å². The first-order valence-electron chi connectivity index (χ1n) is 4.79. The maximum atomic E-state index is 4.93. The summed E-state index contributed by atoms with van der Waals surface area (Å²) in [6.45, 7) is 4.52. The predicted octanol–water partition coefficient (Wildman–Crippen LogP) is 2.56. The molecule has 4 heteroatoms. The molecule has 1 aliphatic heterocycles. The Bertz CT molecular complexity index is 153. The third-order valence-corrected chi connectivity index (χ3v) is 2.51. The fraction of sp³-hybridized carbons (Fsp3) is 0.778. The van der Waals surface area contributed by atoms with Gasteiger partial charge in [0.15, 0.2) is 0 Å². The summed E-state index contributed by atoms with van der Waals surface area (Å²) in [6, 6.07) is 0. The fourth-order valence-corrected chi connectivity index (χ4v) is 1.71. The van der Waals surface area contributed by atoms with Crippen molar-refractivity contribution in [3.63, 3.8) is 0 Å². The summed E-state index contributed by atoms with van der Waals surface area (Å²) < 4.78 is 7.09. The highest BCUT2D eigenvalue weighted by Crippen LogP contribution is 2.15. The van der Waals surface area contributed by atoms with E-state index in [0.29, 0.717) is 6.61 Å². The molecule has 0 atom stereocenters. The zero-order chi connectivity index (χ0) is 9.36. The van der Waals surface area contributed by atoms with Gasteiger partial charge >= 0.3 is 0 Å². The molecule has 0 saturated carbocycles. The molecule has 0 aliphatic carbocycles. The molecule has 13 heavy (non-hydrogen) atoms. The summed E-state index contributed by atoms with van der Waals surface area (Å²) >= 11 is 1.30. The van der Waals surface area contributed by atoms with E-state index in [4.69, 9.17) is 9.22 Å². The average Bonchev–Trinajstić information content (AvgIpc) is 2.08. The van der Waals surface area contributed by atoms with Gasteiger partial charge in [0.1, 0.15) is 12.2 Å². The van der Waals surface area contributed by atoms with Crippen LogP contribution in [0.2, 0.25) is 0 Å². The molecular weight excluding hydrogens is 186 g/mol. The van der Waals surface area contributed by atoms with Gasteiger partial charge in [-0.3, -0.25) is 0 Å². The lowest BCUT2D eigenvalue weighted by atomic mass is 10.2. The third-order valence-electron chi connectivity index (χ3n) is 1.81. The van der Waals surface area contributed by atoms with Gasteiger partial charge in [0.05, 0.1) is 6.61 Å². The van der Waals surface area contributed by atoms with Crippen LogP contribution in [0, 0.1) is 0 Å². The van der Waals surface area contributed by atoms with Crippen molar-refractivity contribution in [3.8, 4) is 0 Å². The Balaban J connectivity index is 2.14. The number of hydrogen-bond donors (Lipinski definition) is 0. The molecule has 0 aromatic heterocycles. The lowest BCUT2D eigenvalue weighted by Gasteiger charge is -2.18. The van der Waals surface area contributed by atoms with Crippen LogP contribution in [-0.4, -0.2) is 24.0 Å². The van der Waals surface area contributed by atoms with Crippen molar-refractivity contribution < 1.29 is 9.22 Å². The molecule has 76 valence electrons. The van der Waals surface area contributed by atoms with Crippen molar-refractivity contribution in [2.45, 2.75) is 26.2 Å². The summed E-state index contributed by atoms with van der Waals surface area (Å²) in [5.74, 6) is 0. The number of nitrogens with zero attached hydrogens (tertiary/aromatic N) is 1. The number of hydrogen-bond acceptors (Lipinski definition) is 4. The number of allylic oxidation sites excluding steroid dienone is 1. The standard InChI is InChI=1S/C9H17NO2S/c1-2-11-12-13-10-8-6-4-3-5-7-9-10/h4,6H,2-3,5,7-9H2,1H3. The fourth-order valence-electron chi connectivity index (χ4n) is 1.13. The molecule has 0 amide bonds. The van der Waals surface area contributed by atoms with E-state index in [0.717, 1.165) is 13.1 Å². The number of rotatable bonds is 4. The van der Waals surface area contributed by atoms with E-state index in [-0.39, 0.29) is 0 Å². The minimum absolute atomic E-state index is 0.594. The van der Waals surface area contributed by atoms with Gasteiger partial charge in [0.25, 0.3) is 0 Å². The van der Waals surface area contributed by atoms with Crippen LogP contribution in [0.4, 0.5) is 0 Å². The highest BCUT2D eigenvalue weighted by molar-refractivity contribution is 7.92. The first-order chi connectivity index (χ1) is 6.43. The van der Waals surface area contributed by atoms with Crippen LogP contribution in [0.3, 0.4) is 0 Å². The van der Waals surface area contributed by atoms with Crippen LogP contribution in [0.15, 0.2) is 12.2 Å². The molecule has 0 unspecified atom stereocenters. The van der Waals surface area contributed by atoms with Crippen molar-refractivity contribution in [2.75, 3.05) is 19.7 Å². The van der Waals surface area contributed by atoms with Gasteiger partial charge in [-0.15, -0.1) is 4.33 Å². The Morgan fingerprint density at radius 1 is 1.38 bits per heavy atom. The summed E-state index contributed by atoms with van der Waals surface area (Å²) in [7, 11) is 0. The Kier molecular flexibility index (Phi) is 6.27. The van der Waals surface area contributed by atoms with Crippen molar-refractivity contribution in [3.05, 3.63) is 12.2 Å². The second-order valence-electron chi connectivity index (χ2n) is 2.90. The first-order valence-corrected chi connectivity index (χ1v) is 5.49. The minimum atomic E-state index is 0.594. The van der Waals surface area contributed by atoms with Gasteiger partial charge < -0.3 is 0 Å². The minimum Gasteiger partial charge on any atom is -0.223 e. The van der Waals surface area contributed by atoms with Crippen LogP contribution in [0.5, 0.6) is 0 Å². The normalized spacial score (nSPS) is 19.8. The van der Waals surface area contributed by atoms with E-state index in [1.54, 1.807) is 0 Å². The van der Waals surface area contributed by atoms with Gasteiger partial charge in [-0.25, -0.2) is 9.19 Å².